The van der Waals surface area contributed by atoms with Gasteiger partial charge in [0.25, 0.3) is 0 Å². The summed E-state index contributed by atoms with van der Waals surface area (Å²) >= 11 is 0. The molecule has 0 saturated carbocycles. The first-order valence-electron chi connectivity index (χ1n) is 10.2. The van der Waals surface area contributed by atoms with Crippen LogP contribution < -0.4 is 10.2 Å². The molecule has 4 rings (SSSR count). The van der Waals surface area contributed by atoms with Gasteiger partial charge in [-0.15, -0.1) is 0 Å². The van der Waals surface area contributed by atoms with E-state index in [0.29, 0.717) is 26.1 Å². The van der Waals surface area contributed by atoms with Gasteiger partial charge in [0.05, 0.1) is 6.04 Å². The summed E-state index contributed by atoms with van der Waals surface area (Å²) < 4.78 is 0. The number of nitrogens with zero attached hydrogens (tertiary/aromatic N) is 2. The van der Waals surface area contributed by atoms with Gasteiger partial charge in [0.15, 0.2) is 0 Å². The zero-order valence-corrected chi connectivity index (χ0v) is 16.8. The maximum Gasteiger partial charge on any atom is 0.318 e. The van der Waals surface area contributed by atoms with E-state index >= 15 is 0 Å². The van der Waals surface area contributed by atoms with Crippen molar-refractivity contribution in [1.29, 1.82) is 0 Å². The second kappa shape index (κ2) is 9.27. The second-order valence-corrected chi connectivity index (χ2v) is 7.52. The highest BCUT2D eigenvalue weighted by molar-refractivity contribution is 5.96. The van der Waals surface area contributed by atoms with Gasteiger partial charge in [0.2, 0.25) is 5.91 Å². The molecule has 5 heteroatoms. The van der Waals surface area contributed by atoms with Crippen molar-refractivity contribution >= 4 is 17.6 Å². The van der Waals surface area contributed by atoms with E-state index in [1.807, 2.05) is 91.0 Å². The highest BCUT2D eigenvalue weighted by Gasteiger charge is 2.32. The second-order valence-electron chi connectivity index (χ2n) is 7.52. The van der Waals surface area contributed by atoms with Gasteiger partial charge in [-0.25, -0.2) is 4.79 Å². The minimum atomic E-state index is -0.209. The van der Waals surface area contributed by atoms with Crippen LogP contribution in [-0.2, 0) is 17.9 Å². The van der Waals surface area contributed by atoms with Gasteiger partial charge in [-0.05, 0) is 23.3 Å². The van der Waals surface area contributed by atoms with Crippen LogP contribution >= 0.6 is 0 Å². The number of urea groups is 1. The van der Waals surface area contributed by atoms with Crippen LogP contribution in [-0.4, -0.2) is 29.4 Å². The lowest BCUT2D eigenvalue weighted by Gasteiger charge is -2.25. The average Bonchev–Trinajstić information content (AvgIpc) is 3.15. The monoisotopic (exact) mass is 399 g/mol. The van der Waals surface area contributed by atoms with Crippen LogP contribution in [0.1, 0.15) is 17.5 Å². The van der Waals surface area contributed by atoms with Crippen molar-refractivity contribution in [3.63, 3.8) is 0 Å². The highest BCUT2D eigenvalue weighted by atomic mass is 16.2. The van der Waals surface area contributed by atoms with E-state index in [-0.39, 0.29) is 18.0 Å². The minimum Gasteiger partial charge on any atom is -0.333 e. The summed E-state index contributed by atoms with van der Waals surface area (Å²) in [6, 6.07) is 29.1. The fourth-order valence-corrected chi connectivity index (χ4v) is 3.73. The molecule has 3 aromatic carbocycles. The van der Waals surface area contributed by atoms with Gasteiger partial charge in [-0.1, -0.05) is 78.9 Å². The Morgan fingerprint density at radius 3 is 1.87 bits per heavy atom. The third kappa shape index (κ3) is 4.87. The largest absolute Gasteiger partial charge is 0.333 e. The Bertz CT molecular complexity index is 936. The molecule has 0 bridgehead atoms. The summed E-state index contributed by atoms with van der Waals surface area (Å²) in [6.07, 6.45) is 0.311. The molecule has 1 aliphatic rings. The first-order chi connectivity index (χ1) is 14.7. The number of carbonyl (C=O) groups is 2. The van der Waals surface area contributed by atoms with Gasteiger partial charge in [0, 0.05) is 31.7 Å². The molecule has 1 heterocycles. The molecule has 1 N–H and O–H groups in total. The Morgan fingerprint density at radius 2 is 1.33 bits per heavy atom. The normalized spacial score (nSPS) is 15.8. The van der Waals surface area contributed by atoms with Crippen LogP contribution in [0.2, 0.25) is 0 Å². The number of anilines is 1. The number of para-hydroxylation sites is 1. The molecule has 0 aromatic heterocycles. The first-order valence-corrected chi connectivity index (χ1v) is 10.2. The van der Waals surface area contributed by atoms with E-state index in [4.69, 9.17) is 0 Å². The molecule has 30 heavy (non-hydrogen) atoms. The SMILES string of the molecule is O=C(NC1CC(=O)N(c2ccccc2)C1)N(Cc1ccccc1)Cc1ccccc1. The van der Waals surface area contributed by atoms with Gasteiger partial charge < -0.3 is 15.1 Å². The predicted octanol–water partition coefficient (Wildman–Crippen LogP) is 4.20. The van der Waals surface area contributed by atoms with Gasteiger partial charge in [-0.2, -0.15) is 0 Å². The van der Waals surface area contributed by atoms with E-state index < -0.39 is 0 Å². The number of rotatable bonds is 6. The maximum atomic E-state index is 13.1. The van der Waals surface area contributed by atoms with Crippen LogP contribution in [0.4, 0.5) is 10.5 Å². The molecule has 5 nitrogen and oxygen atoms in total. The Balaban J connectivity index is 1.45. The molecule has 1 saturated heterocycles. The van der Waals surface area contributed by atoms with E-state index in [2.05, 4.69) is 5.32 Å². The van der Waals surface area contributed by atoms with Crippen molar-refractivity contribution < 1.29 is 9.59 Å². The summed E-state index contributed by atoms with van der Waals surface area (Å²) in [6.45, 7) is 1.49. The molecule has 1 fully saturated rings. The lowest BCUT2D eigenvalue weighted by atomic mass is 10.1. The first kappa shape index (κ1) is 19.7. The van der Waals surface area contributed by atoms with E-state index in [9.17, 15) is 9.59 Å². The van der Waals surface area contributed by atoms with Crippen molar-refractivity contribution in [2.45, 2.75) is 25.6 Å². The Morgan fingerprint density at radius 1 is 0.833 bits per heavy atom. The molecular formula is C25H25N3O2. The molecule has 0 aliphatic carbocycles. The molecule has 3 aromatic rings. The molecule has 3 amide bonds. The van der Waals surface area contributed by atoms with Crippen molar-refractivity contribution in [3.8, 4) is 0 Å². The smallest absolute Gasteiger partial charge is 0.318 e. The number of benzene rings is 3. The molecule has 1 atom stereocenters. The predicted molar refractivity (Wildman–Crippen MR) is 118 cm³/mol. The van der Waals surface area contributed by atoms with Gasteiger partial charge in [-0.3, -0.25) is 4.79 Å². The van der Waals surface area contributed by atoms with Crippen LogP contribution in [0.25, 0.3) is 0 Å². The minimum absolute atomic E-state index is 0.0316. The van der Waals surface area contributed by atoms with E-state index in [1.165, 1.54) is 0 Å². The standard InChI is InChI=1S/C25H25N3O2/c29-24-16-22(19-28(24)23-14-8-3-9-15-23)26-25(30)27(17-20-10-4-1-5-11-20)18-21-12-6-2-7-13-21/h1-15,22H,16-19H2,(H,26,30). The van der Waals surface area contributed by atoms with Crippen LogP contribution in [0.3, 0.4) is 0 Å². The van der Waals surface area contributed by atoms with Crippen molar-refractivity contribution in [1.82, 2.24) is 10.2 Å². The fourth-order valence-electron chi connectivity index (χ4n) is 3.73. The zero-order valence-electron chi connectivity index (χ0n) is 16.8. The summed E-state index contributed by atoms with van der Waals surface area (Å²) in [5, 5.41) is 3.07. The average molecular weight is 399 g/mol. The van der Waals surface area contributed by atoms with Gasteiger partial charge in [0.1, 0.15) is 0 Å². The van der Waals surface area contributed by atoms with Gasteiger partial charge >= 0.3 is 6.03 Å². The number of amides is 3. The summed E-state index contributed by atoms with van der Waals surface area (Å²) in [4.78, 5) is 29.2. The number of nitrogens with one attached hydrogen (secondary N) is 1. The fraction of sp³-hybridized carbons (Fsp3) is 0.200. The number of hydrogen-bond donors (Lipinski definition) is 1. The van der Waals surface area contributed by atoms with E-state index in [0.717, 1.165) is 16.8 Å². The number of hydrogen-bond acceptors (Lipinski definition) is 2. The topological polar surface area (TPSA) is 52.7 Å². The zero-order chi connectivity index (χ0) is 20.8. The highest BCUT2D eigenvalue weighted by Crippen LogP contribution is 2.21. The maximum absolute atomic E-state index is 13.1. The third-order valence-corrected chi connectivity index (χ3v) is 5.24. The van der Waals surface area contributed by atoms with Crippen molar-refractivity contribution in [3.05, 3.63) is 102 Å². The summed E-state index contributed by atoms with van der Waals surface area (Å²) in [7, 11) is 0. The molecule has 0 spiro atoms. The van der Waals surface area contributed by atoms with Crippen LogP contribution in [0.15, 0.2) is 91.0 Å². The summed E-state index contributed by atoms with van der Waals surface area (Å²) in [5.41, 5.74) is 3.00. The Hall–Kier alpha value is -3.60. The van der Waals surface area contributed by atoms with Crippen LogP contribution in [0, 0.1) is 0 Å². The Labute approximate surface area is 176 Å². The van der Waals surface area contributed by atoms with Crippen LogP contribution in [0.5, 0.6) is 0 Å². The van der Waals surface area contributed by atoms with Crippen molar-refractivity contribution in [2.24, 2.45) is 0 Å². The van der Waals surface area contributed by atoms with E-state index in [1.54, 1.807) is 9.80 Å². The van der Waals surface area contributed by atoms with Crippen molar-refractivity contribution in [2.75, 3.05) is 11.4 Å². The molecule has 1 unspecified atom stereocenters. The molecular weight excluding hydrogens is 374 g/mol. The molecule has 152 valence electrons. The third-order valence-electron chi connectivity index (χ3n) is 5.24. The Kier molecular flexibility index (Phi) is 6.09. The molecule has 0 radical (unpaired) electrons. The summed E-state index contributed by atoms with van der Waals surface area (Å²) in [5.74, 6) is 0.0316. The quantitative estimate of drug-likeness (QED) is 0.675. The molecule has 1 aliphatic heterocycles. The lowest BCUT2D eigenvalue weighted by molar-refractivity contribution is -0.117. The number of carbonyl (C=O) groups excluding carboxylic acids is 2. The lowest BCUT2D eigenvalue weighted by Crippen LogP contribution is -2.45.